The smallest absolute Gasteiger partial charge is 0.0413 e. The zero-order chi connectivity index (χ0) is 14.7. The molecule has 0 amide bonds. The highest BCUT2D eigenvalue weighted by Gasteiger charge is 2.15. The summed E-state index contributed by atoms with van der Waals surface area (Å²) < 4.78 is 0. The lowest BCUT2D eigenvalue weighted by molar-refractivity contribution is 0.294. The number of hydrogen-bond donors (Lipinski definition) is 1. The largest absolute Gasteiger partial charge is 0.398 e. The normalized spacial score (nSPS) is 15.8. The van der Waals surface area contributed by atoms with Gasteiger partial charge in [0.2, 0.25) is 0 Å². The van der Waals surface area contributed by atoms with Crippen LogP contribution in [0.2, 0.25) is 5.02 Å². The second-order valence-corrected chi connectivity index (χ2v) is 5.87. The molecular weight excluding hydrogens is 280 g/mol. The third kappa shape index (κ3) is 3.46. The van der Waals surface area contributed by atoms with E-state index in [0.717, 1.165) is 42.3 Å². The van der Waals surface area contributed by atoms with Crippen molar-refractivity contribution in [1.29, 1.82) is 0 Å². The highest BCUT2D eigenvalue weighted by Crippen LogP contribution is 2.29. The lowest BCUT2D eigenvalue weighted by Crippen LogP contribution is -2.28. The maximum absolute atomic E-state index is 6.08. The first-order valence-electron chi connectivity index (χ1n) is 7.23. The standard InChI is InChI=1S/C18H19ClN2/c19-16-6-7-18(20)17(12-16)15-8-10-21(11-9-15)13-14-4-2-1-3-5-14/h1-8,12H,9-11,13,20H2. The minimum atomic E-state index is 0.742. The van der Waals surface area contributed by atoms with Crippen LogP contribution in [0.25, 0.3) is 5.57 Å². The van der Waals surface area contributed by atoms with E-state index in [0.29, 0.717) is 0 Å². The van der Waals surface area contributed by atoms with Crippen molar-refractivity contribution in [3.05, 3.63) is 70.8 Å². The van der Waals surface area contributed by atoms with Crippen molar-refractivity contribution in [2.45, 2.75) is 13.0 Å². The third-order valence-corrected chi connectivity index (χ3v) is 4.14. The fourth-order valence-electron chi connectivity index (χ4n) is 2.75. The monoisotopic (exact) mass is 298 g/mol. The quantitative estimate of drug-likeness (QED) is 0.860. The topological polar surface area (TPSA) is 29.3 Å². The van der Waals surface area contributed by atoms with Gasteiger partial charge in [-0.05, 0) is 35.8 Å². The van der Waals surface area contributed by atoms with Crippen LogP contribution in [0.3, 0.4) is 0 Å². The Balaban J connectivity index is 1.70. The summed E-state index contributed by atoms with van der Waals surface area (Å²) in [4.78, 5) is 2.44. The lowest BCUT2D eigenvalue weighted by atomic mass is 9.97. The van der Waals surface area contributed by atoms with Crippen LogP contribution in [-0.4, -0.2) is 18.0 Å². The molecule has 0 saturated carbocycles. The molecule has 2 aromatic carbocycles. The van der Waals surface area contributed by atoms with Crippen molar-refractivity contribution in [2.24, 2.45) is 0 Å². The molecule has 21 heavy (non-hydrogen) atoms. The van der Waals surface area contributed by atoms with Gasteiger partial charge in [-0.15, -0.1) is 0 Å². The number of rotatable bonds is 3. The Morgan fingerprint density at radius 2 is 1.90 bits per heavy atom. The fraction of sp³-hybridized carbons (Fsp3) is 0.222. The summed E-state index contributed by atoms with van der Waals surface area (Å²) >= 11 is 6.08. The average molecular weight is 299 g/mol. The van der Waals surface area contributed by atoms with Crippen molar-refractivity contribution in [3.8, 4) is 0 Å². The average Bonchev–Trinajstić information content (AvgIpc) is 2.52. The Hall–Kier alpha value is -1.77. The SMILES string of the molecule is Nc1ccc(Cl)cc1C1=CCN(Cc2ccccc2)CC1. The van der Waals surface area contributed by atoms with E-state index in [1.807, 2.05) is 18.2 Å². The van der Waals surface area contributed by atoms with E-state index in [-0.39, 0.29) is 0 Å². The molecule has 0 aromatic heterocycles. The highest BCUT2D eigenvalue weighted by molar-refractivity contribution is 6.30. The molecule has 2 nitrogen and oxygen atoms in total. The summed E-state index contributed by atoms with van der Waals surface area (Å²) in [6.07, 6.45) is 3.28. The second-order valence-electron chi connectivity index (χ2n) is 5.43. The number of halogens is 1. The van der Waals surface area contributed by atoms with Gasteiger partial charge in [-0.2, -0.15) is 0 Å². The Labute approximate surface area is 130 Å². The van der Waals surface area contributed by atoms with Crippen LogP contribution in [0.4, 0.5) is 5.69 Å². The molecule has 1 heterocycles. The predicted molar refractivity (Wildman–Crippen MR) is 90.2 cm³/mol. The van der Waals surface area contributed by atoms with Gasteiger partial charge < -0.3 is 5.73 Å². The molecule has 2 N–H and O–H groups in total. The van der Waals surface area contributed by atoms with Crippen LogP contribution in [0.1, 0.15) is 17.5 Å². The minimum Gasteiger partial charge on any atom is -0.398 e. The van der Waals surface area contributed by atoms with Crippen molar-refractivity contribution in [1.82, 2.24) is 4.90 Å². The van der Waals surface area contributed by atoms with Crippen LogP contribution in [0.5, 0.6) is 0 Å². The number of nitrogen functional groups attached to an aromatic ring is 1. The Morgan fingerprint density at radius 1 is 1.10 bits per heavy atom. The number of anilines is 1. The van der Waals surface area contributed by atoms with E-state index < -0.39 is 0 Å². The summed E-state index contributed by atoms with van der Waals surface area (Å²) in [6, 6.07) is 16.3. The number of nitrogens with two attached hydrogens (primary N) is 1. The molecule has 0 fully saturated rings. The Bertz CT molecular complexity index is 650. The molecule has 108 valence electrons. The molecule has 3 heteroatoms. The molecule has 0 spiro atoms. The lowest BCUT2D eigenvalue weighted by Gasteiger charge is -2.27. The molecular formula is C18H19ClN2. The molecule has 0 bridgehead atoms. The van der Waals surface area contributed by atoms with E-state index in [1.165, 1.54) is 11.1 Å². The van der Waals surface area contributed by atoms with Gasteiger partial charge in [-0.25, -0.2) is 0 Å². The van der Waals surface area contributed by atoms with E-state index in [2.05, 4.69) is 41.3 Å². The maximum atomic E-state index is 6.08. The second kappa shape index (κ2) is 6.33. The van der Waals surface area contributed by atoms with Gasteiger partial charge in [0, 0.05) is 35.9 Å². The van der Waals surface area contributed by atoms with Crippen LogP contribution in [0.15, 0.2) is 54.6 Å². The minimum absolute atomic E-state index is 0.742. The molecule has 1 aliphatic heterocycles. The zero-order valence-corrected chi connectivity index (χ0v) is 12.7. The highest BCUT2D eigenvalue weighted by atomic mass is 35.5. The molecule has 0 radical (unpaired) electrons. The van der Waals surface area contributed by atoms with E-state index in [4.69, 9.17) is 17.3 Å². The predicted octanol–water partition coefficient (Wildman–Crippen LogP) is 4.21. The van der Waals surface area contributed by atoms with Gasteiger partial charge in [0.05, 0.1) is 0 Å². The Kier molecular flexibility index (Phi) is 4.28. The van der Waals surface area contributed by atoms with Crippen LogP contribution >= 0.6 is 11.6 Å². The molecule has 0 unspecified atom stereocenters. The first-order chi connectivity index (χ1) is 10.2. The molecule has 1 aliphatic rings. The summed E-state index contributed by atoms with van der Waals surface area (Å²) in [5.74, 6) is 0. The van der Waals surface area contributed by atoms with Crippen LogP contribution in [0, 0.1) is 0 Å². The van der Waals surface area contributed by atoms with E-state index >= 15 is 0 Å². The Morgan fingerprint density at radius 3 is 2.62 bits per heavy atom. The molecule has 0 aliphatic carbocycles. The zero-order valence-electron chi connectivity index (χ0n) is 11.9. The van der Waals surface area contributed by atoms with Gasteiger partial charge in [0.15, 0.2) is 0 Å². The summed E-state index contributed by atoms with van der Waals surface area (Å²) in [5.41, 5.74) is 10.6. The number of nitrogens with zero attached hydrogens (tertiary/aromatic N) is 1. The van der Waals surface area contributed by atoms with Crippen LogP contribution < -0.4 is 5.73 Å². The fourth-order valence-corrected chi connectivity index (χ4v) is 2.92. The molecule has 2 aromatic rings. The summed E-state index contributed by atoms with van der Waals surface area (Å²) in [5, 5.41) is 0.742. The van der Waals surface area contributed by atoms with Gasteiger partial charge >= 0.3 is 0 Å². The van der Waals surface area contributed by atoms with Crippen molar-refractivity contribution >= 4 is 22.9 Å². The molecule has 0 saturated heterocycles. The summed E-state index contributed by atoms with van der Waals surface area (Å²) in [6.45, 7) is 3.00. The maximum Gasteiger partial charge on any atom is 0.0413 e. The first-order valence-corrected chi connectivity index (χ1v) is 7.61. The number of benzene rings is 2. The molecule has 3 rings (SSSR count). The first kappa shape index (κ1) is 14.2. The number of hydrogen-bond acceptors (Lipinski definition) is 2. The summed E-state index contributed by atoms with van der Waals surface area (Å²) in [7, 11) is 0. The van der Waals surface area contributed by atoms with Gasteiger partial charge in [0.25, 0.3) is 0 Å². The third-order valence-electron chi connectivity index (χ3n) is 3.90. The van der Waals surface area contributed by atoms with Gasteiger partial charge in [-0.1, -0.05) is 48.0 Å². The van der Waals surface area contributed by atoms with Gasteiger partial charge in [-0.3, -0.25) is 4.90 Å². The van der Waals surface area contributed by atoms with E-state index in [1.54, 1.807) is 0 Å². The van der Waals surface area contributed by atoms with Crippen molar-refractivity contribution in [3.63, 3.8) is 0 Å². The molecule has 0 atom stereocenters. The van der Waals surface area contributed by atoms with Crippen LogP contribution in [-0.2, 0) is 6.54 Å². The van der Waals surface area contributed by atoms with Gasteiger partial charge in [0.1, 0.15) is 0 Å². The van der Waals surface area contributed by atoms with Crippen molar-refractivity contribution < 1.29 is 0 Å². The van der Waals surface area contributed by atoms with Crippen molar-refractivity contribution in [2.75, 3.05) is 18.8 Å². The van der Waals surface area contributed by atoms with E-state index in [9.17, 15) is 0 Å².